The summed E-state index contributed by atoms with van der Waals surface area (Å²) in [6.07, 6.45) is 8.56. The largest absolute Gasteiger partial charge is 0.496 e. The van der Waals surface area contributed by atoms with Gasteiger partial charge in [0.1, 0.15) is 5.75 Å². The quantitative estimate of drug-likeness (QED) is 0.498. The third kappa shape index (κ3) is 5.29. The first-order valence-corrected chi connectivity index (χ1v) is 7.98. The Balaban J connectivity index is 1.80. The molecule has 0 spiro atoms. The van der Waals surface area contributed by atoms with E-state index in [4.69, 9.17) is 10.5 Å². The number of para-hydroxylation sites is 1. The molecule has 0 aromatic heterocycles. The van der Waals surface area contributed by atoms with Crippen molar-refractivity contribution in [3.05, 3.63) is 29.8 Å². The summed E-state index contributed by atoms with van der Waals surface area (Å²) in [5, 5.41) is 3.37. The van der Waals surface area contributed by atoms with E-state index in [0.29, 0.717) is 18.5 Å². The summed E-state index contributed by atoms with van der Waals surface area (Å²) in [6.45, 7) is 0.686. The average Bonchev–Trinajstić information content (AvgIpc) is 2.76. The Labute approximate surface area is 127 Å². The normalized spacial score (nSPS) is 17.3. The smallest absolute Gasteiger partial charge is 0.188 e. The maximum Gasteiger partial charge on any atom is 0.188 e. The molecule has 2 rings (SSSR count). The minimum atomic E-state index is 0.502. The Hall–Kier alpha value is -1.71. The zero-order valence-corrected chi connectivity index (χ0v) is 13.0. The molecular weight excluding hydrogens is 262 g/mol. The highest BCUT2D eigenvalue weighted by atomic mass is 16.5. The summed E-state index contributed by atoms with van der Waals surface area (Å²) >= 11 is 0. The van der Waals surface area contributed by atoms with Crippen LogP contribution in [0, 0.1) is 0 Å². The van der Waals surface area contributed by atoms with Crippen LogP contribution in [0.15, 0.2) is 29.3 Å². The number of hydrogen-bond donors (Lipinski definition) is 2. The second-order valence-electron chi connectivity index (χ2n) is 5.66. The van der Waals surface area contributed by atoms with Crippen LogP contribution in [0.1, 0.15) is 44.1 Å². The van der Waals surface area contributed by atoms with Gasteiger partial charge in [-0.3, -0.25) is 4.99 Å². The van der Waals surface area contributed by atoms with E-state index >= 15 is 0 Å². The number of nitrogens with one attached hydrogen (secondary N) is 1. The van der Waals surface area contributed by atoms with E-state index in [1.54, 1.807) is 7.11 Å². The van der Waals surface area contributed by atoms with Crippen molar-refractivity contribution in [3.63, 3.8) is 0 Å². The zero-order chi connectivity index (χ0) is 14.9. The molecule has 0 saturated heterocycles. The molecular formula is C17H27N3O. The van der Waals surface area contributed by atoms with Gasteiger partial charge < -0.3 is 15.8 Å². The van der Waals surface area contributed by atoms with Gasteiger partial charge in [-0.2, -0.15) is 0 Å². The number of nitrogens with zero attached hydrogens (tertiary/aromatic N) is 1. The molecule has 0 unspecified atom stereocenters. The molecule has 1 aromatic rings. The summed E-state index contributed by atoms with van der Waals surface area (Å²) in [5.74, 6) is 1.50. The Morgan fingerprint density at radius 1 is 1.24 bits per heavy atom. The summed E-state index contributed by atoms with van der Waals surface area (Å²) in [5.41, 5.74) is 7.17. The summed E-state index contributed by atoms with van der Waals surface area (Å²) < 4.78 is 5.34. The van der Waals surface area contributed by atoms with Crippen LogP contribution in [-0.4, -0.2) is 25.7 Å². The lowest BCUT2D eigenvalue weighted by molar-refractivity contribution is 0.410. The molecule has 1 aliphatic carbocycles. The number of nitrogens with two attached hydrogens (primary N) is 1. The van der Waals surface area contributed by atoms with Crippen LogP contribution in [0.2, 0.25) is 0 Å². The van der Waals surface area contributed by atoms with Crippen molar-refractivity contribution < 1.29 is 4.74 Å². The van der Waals surface area contributed by atoms with E-state index in [9.17, 15) is 0 Å². The van der Waals surface area contributed by atoms with Gasteiger partial charge in [0.15, 0.2) is 5.96 Å². The molecule has 4 heteroatoms. The van der Waals surface area contributed by atoms with Crippen molar-refractivity contribution >= 4 is 5.96 Å². The molecule has 0 bridgehead atoms. The van der Waals surface area contributed by atoms with Crippen molar-refractivity contribution in [2.75, 3.05) is 13.7 Å². The summed E-state index contributed by atoms with van der Waals surface area (Å²) in [7, 11) is 1.70. The van der Waals surface area contributed by atoms with E-state index < -0.39 is 0 Å². The molecule has 1 aliphatic rings. The predicted molar refractivity (Wildman–Crippen MR) is 87.8 cm³/mol. The molecule has 0 aliphatic heterocycles. The Kier molecular flexibility index (Phi) is 6.38. The zero-order valence-electron chi connectivity index (χ0n) is 13.0. The molecule has 0 heterocycles. The van der Waals surface area contributed by atoms with Gasteiger partial charge in [0.2, 0.25) is 0 Å². The monoisotopic (exact) mass is 289 g/mol. The molecule has 0 amide bonds. The van der Waals surface area contributed by atoms with E-state index in [2.05, 4.69) is 16.4 Å². The number of ether oxygens (including phenoxy) is 1. The van der Waals surface area contributed by atoms with Gasteiger partial charge >= 0.3 is 0 Å². The summed E-state index contributed by atoms with van der Waals surface area (Å²) in [4.78, 5) is 4.45. The lowest BCUT2D eigenvalue weighted by Gasteiger charge is -2.16. The van der Waals surface area contributed by atoms with Crippen molar-refractivity contribution in [2.24, 2.45) is 10.7 Å². The Bertz CT molecular complexity index is 451. The van der Waals surface area contributed by atoms with Crippen LogP contribution in [-0.2, 0) is 6.42 Å². The van der Waals surface area contributed by atoms with Crippen LogP contribution in [0.5, 0.6) is 5.75 Å². The van der Waals surface area contributed by atoms with Crippen LogP contribution in [0.3, 0.4) is 0 Å². The summed E-state index contributed by atoms with van der Waals surface area (Å²) in [6, 6.07) is 8.56. The van der Waals surface area contributed by atoms with Crippen LogP contribution < -0.4 is 15.8 Å². The first-order chi connectivity index (χ1) is 10.3. The molecule has 3 N–H and O–H groups in total. The first kappa shape index (κ1) is 15.7. The van der Waals surface area contributed by atoms with Gasteiger partial charge in [0.05, 0.1) is 7.11 Å². The van der Waals surface area contributed by atoms with Gasteiger partial charge in [-0.05, 0) is 30.9 Å². The number of guanidine groups is 1. The second-order valence-corrected chi connectivity index (χ2v) is 5.66. The lowest BCUT2D eigenvalue weighted by atomic mass is 10.1. The molecule has 0 atom stereocenters. The highest BCUT2D eigenvalue weighted by Crippen LogP contribution is 2.18. The Morgan fingerprint density at radius 3 is 2.67 bits per heavy atom. The van der Waals surface area contributed by atoms with E-state index in [1.165, 1.54) is 44.1 Å². The molecule has 1 fully saturated rings. The van der Waals surface area contributed by atoms with Crippen molar-refractivity contribution in [1.82, 2.24) is 5.32 Å². The molecule has 0 radical (unpaired) electrons. The minimum Gasteiger partial charge on any atom is -0.496 e. The molecule has 1 aromatic carbocycles. The lowest BCUT2D eigenvalue weighted by Crippen LogP contribution is -2.40. The molecule has 1 saturated carbocycles. The number of methoxy groups -OCH3 is 1. The van der Waals surface area contributed by atoms with E-state index in [1.807, 2.05) is 18.2 Å². The van der Waals surface area contributed by atoms with Crippen LogP contribution in [0.25, 0.3) is 0 Å². The maximum atomic E-state index is 6.00. The van der Waals surface area contributed by atoms with Crippen molar-refractivity contribution in [2.45, 2.75) is 51.0 Å². The fraction of sp³-hybridized carbons (Fsp3) is 0.588. The molecule has 116 valence electrons. The minimum absolute atomic E-state index is 0.502. The number of benzene rings is 1. The van der Waals surface area contributed by atoms with Crippen LogP contribution >= 0.6 is 0 Å². The highest BCUT2D eigenvalue weighted by molar-refractivity contribution is 5.78. The van der Waals surface area contributed by atoms with Crippen LogP contribution in [0.4, 0.5) is 0 Å². The third-order valence-corrected chi connectivity index (χ3v) is 4.06. The van der Waals surface area contributed by atoms with Gasteiger partial charge in [-0.1, -0.05) is 43.9 Å². The van der Waals surface area contributed by atoms with E-state index in [0.717, 1.165) is 12.2 Å². The number of rotatable bonds is 5. The highest BCUT2D eigenvalue weighted by Gasteiger charge is 2.12. The van der Waals surface area contributed by atoms with Crippen molar-refractivity contribution in [1.29, 1.82) is 0 Å². The fourth-order valence-electron chi connectivity index (χ4n) is 2.88. The topological polar surface area (TPSA) is 59.6 Å². The first-order valence-electron chi connectivity index (χ1n) is 7.98. The average molecular weight is 289 g/mol. The SMILES string of the molecule is COc1ccccc1CCN=C(N)NC1CCCCCC1. The van der Waals surface area contributed by atoms with Gasteiger partial charge in [0.25, 0.3) is 0 Å². The third-order valence-electron chi connectivity index (χ3n) is 4.06. The van der Waals surface area contributed by atoms with Crippen molar-refractivity contribution in [3.8, 4) is 5.75 Å². The Morgan fingerprint density at radius 2 is 1.95 bits per heavy atom. The predicted octanol–water partition coefficient (Wildman–Crippen LogP) is 2.86. The van der Waals surface area contributed by atoms with Gasteiger partial charge in [-0.25, -0.2) is 0 Å². The number of aliphatic imine (C=N–C) groups is 1. The number of hydrogen-bond acceptors (Lipinski definition) is 2. The molecule has 4 nitrogen and oxygen atoms in total. The van der Waals surface area contributed by atoms with Gasteiger partial charge in [-0.15, -0.1) is 0 Å². The molecule has 21 heavy (non-hydrogen) atoms. The second kappa shape index (κ2) is 8.55. The standard InChI is InChI=1S/C17H27N3O/c1-21-16-11-7-6-8-14(16)12-13-19-17(18)20-15-9-4-2-3-5-10-15/h6-8,11,15H,2-5,9-10,12-13H2,1H3,(H3,18,19,20). The van der Waals surface area contributed by atoms with Gasteiger partial charge in [0, 0.05) is 12.6 Å². The fourth-order valence-corrected chi connectivity index (χ4v) is 2.88. The maximum absolute atomic E-state index is 6.00. The van der Waals surface area contributed by atoms with E-state index in [-0.39, 0.29) is 0 Å².